The van der Waals surface area contributed by atoms with Crippen LogP contribution in [0.4, 0.5) is 16.5 Å². The van der Waals surface area contributed by atoms with Crippen LogP contribution in [0.25, 0.3) is 39.5 Å². The second-order valence-electron chi connectivity index (χ2n) is 11.1. The number of nitro groups is 1. The van der Waals surface area contributed by atoms with Crippen LogP contribution in [0.1, 0.15) is 15.9 Å². The number of hydrazone groups is 1. The minimum Gasteiger partial charge on any atom is -0.332 e. The van der Waals surface area contributed by atoms with Crippen LogP contribution < -0.4 is 10.7 Å². The number of nitrogens with one attached hydrogen (secondary N) is 2. The molecule has 11 heteroatoms. The molecule has 2 heterocycles. The maximum absolute atomic E-state index is 13.2. The summed E-state index contributed by atoms with van der Waals surface area (Å²) < 4.78 is 2.05. The van der Waals surface area contributed by atoms with Crippen molar-refractivity contribution in [2.24, 2.45) is 5.10 Å². The van der Waals surface area contributed by atoms with Gasteiger partial charge in [-0.2, -0.15) is 5.10 Å². The molecular formula is C39H27ClN6O3S. The van der Waals surface area contributed by atoms with Crippen molar-refractivity contribution >= 4 is 51.6 Å². The van der Waals surface area contributed by atoms with Gasteiger partial charge in [0.1, 0.15) is 0 Å². The molecule has 0 spiro atoms. The third kappa shape index (κ3) is 7.07. The molecule has 0 aliphatic rings. The third-order valence-corrected chi connectivity index (χ3v) is 8.89. The lowest BCUT2D eigenvalue weighted by molar-refractivity contribution is -0.384. The van der Waals surface area contributed by atoms with Crippen molar-refractivity contribution in [3.05, 3.63) is 171 Å². The minimum atomic E-state index is -0.416. The van der Waals surface area contributed by atoms with E-state index in [2.05, 4.69) is 20.8 Å². The Balaban J connectivity index is 1.15. The first kappa shape index (κ1) is 32.2. The predicted octanol–water partition coefficient (Wildman–Crippen LogP) is 10.0. The highest BCUT2D eigenvalue weighted by Gasteiger charge is 2.19. The summed E-state index contributed by atoms with van der Waals surface area (Å²) in [6, 6.07) is 42.7. The molecule has 9 nitrogen and oxygen atoms in total. The van der Waals surface area contributed by atoms with Crippen LogP contribution in [0.15, 0.2) is 150 Å². The largest absolute Gasteiger partial charge is 0.332 e. The number of hydrogen-bond acceptors (Lipinski definition) is 7. The Hall–Kier alpha value is -6.36. The molecule has 0 saturated heterocycles. The van der Waals surface area contributed by atoms with Crippen LogP contribution >= 0.6 is 22.9 Å². The maximum atomic E-state index is 13.2. The number of carbonyl (C=O) groups is 1. The molecule has 2 N–H and O–H groups in total. The molecule has 0 saturated carbocycles. The van der Waals surface area contributed by atoms with Gasteiger partial charge in [0.05, 0.1) is 28.2 Å². The number of thiazole rings is 1. The van der Waals surface area contributed by atoms with Crippen LogP contribution in [0.2, 0.25) is 5.02 Å². The Morgan fingerprint density at radius 2 is 1.48 bits per heavy atom. The Kier molecular flexibility index (Phi) is 9.28. The molecule has 0 aliphatic heterocycles. The second kappa shape index (κ2) is 14.4. The van der Waals surface area contributed by atoms with Crippen molar-refractivity contribution in [3.8, 4) is 39.5 Å². The molecule has 0 unspecified atom stereocenters. The fraction of sp³-hybridized carbons (Fsp3) is 0. The summed E-state index contributed by atoms with van der Waals surface area (Å²) in [5.41, 5.74) is 10.7. The van der Waals surface area contributed by atoms with Gasteiger partial charge in [-0.3, -0.25) is 14.9 Å². The van der Waals surface area contributed by atoms with Gasteiger partial charge >= 0.3 is 0 Å². The molecule has 5 aromatic carbocycles. The zero-order valence-electron chi connectivity index (χ0n) is 26.2. The number of hydrogen-bond donors (Lipinski definition) is 2. The van der Waals surface area contributed by atoms with Crippen LogP contribution in [-0.2, 0) is 0 Å². The number of aromatic nitrogens is 2. The first-order valence-corrected chi connectivity index (χ1v) is 16.7. The van der Waals surface area contributed by atoms with Crippen molar-refractivity contribution in [3.63, 3.8) is 0 Å². The lowest BCUT2D eigenvalue weighted by Gasteiger charge is -2.15. The van der Waals surface area contributed by atoms with Crippen molar-refractivity contribution in [2.45, 2.75) is 0 Å². The molecule has 244 valence electrons. The maximum Gasteiger partial charge on any atom is 0.271 e. The Morgan fingerprint density at radius 3 is 2.14 bits per heavy atom. The predicted molar refractivity (Wildman–Crippen MR) is 201 cm³/mol. The van der Waals surface area contributed by atoms with Gasteiger partial charge < -0.3 is 9.88 Å². The molecule has 50 heavy (non-hydrogen) atoms. The van der Waals surface area contributed by atoms with E-state index in [1.807, 2.05) is 113 Å². The molecular weight excluding hydrogens is 668 g/mol. The van der Waals surface area contributed by atoms with Gasteiger partial charge in [0.2, 0.25) is 0 Å². The average molecular weight is 695 g/mol. The average Bonchev–Trinajstić information content (AvgIpc) is 3.78. The molecule has 0 aliphatic carbocycles. The van der Waals surface area contributed by atoms with Crippen molar-refractivity contribution in [1.82, 2.24) is 15.0 Å². The summed E-state index contributed by atoms with van der Waals surface area (Å²) in [6.07, 6.45) is 1.62. The van der Waals surface area contributed by atoms with E-state index in [4.69, 9.17) is 11.6 Å². The summed E-state index contributed by atoms with van der Waals surface area (Å²) in [5.74, 6) is -0.365. The van der Waals surface area contributed by atoms with E-state index in [-0.39, 0.29) is 11.6 Å². The van der Waals surface area contributed by atoms with Crippen LogP contribution in [0.5, 0.6) is 0 Å². The van der Waals surface area contributed by atoms with Gasteiger partial charge in [-0.15, -0.1) is 11.3 Å². The molecule has 0 bridgehead atoms. The van der Waals surface area contributed by atoms with E-state index in [1.165, 1.54) is 23.5 Å². The lowest BCUT2D eigenvalue weighted by Crippen LogP contribution is -2.17. The Bertz CT molecular complexity index is 2300. The normalized spacial score (nSPS) is 11.1. The highest BCUT2D eigenvalue weighted by molar-refractivity contribution is 7.14. The topological polar surface area (TPSA) is 114 Å². The van der Waals surface area contributed by atoms with Gasteiger partial charge in [-0.25, -0.2) is 10.4 Å². The summed E-state index contributed by atoms with van der Waals surface area (Å²) in [5, 5.41) is 22.4. The third-order valence-electron chi connectivity index (χ3n) is 7.88. The van der Waals surface area contributed by atoms with Crippen molar-refractivity contribution in [1.29, 1.82) is 0 Å². The summed E-state index contributed by atoms with van der Waals surface area (Å²) in [6.45, 7) is 0. The van der Waals surface area contributed by atoms with Crippen molar-refractivity contribution in [2.75, 3.05) is 5.32 Å². The number of benzene rings is 5. The Morgan fingerprint density at radius 1 is 0.820 bits per heavy atom. The van der Waals surface area contributed by atoms with Gasteiger partial charge in [0.25, 0.3) is 11.6 Å². The monoisotopic (exact) mass is 694 g/mol. The first-order chi connectivity index (χ1) is 24.4. The quantitative estimate of drug-likeness (QED) is 0.0840. The number of amides is 1. The van der Waals surface area contributed by atoms with Gasteiger partial charge in [-0.05, 0) is 65.7 Å². The zero-order chi connectivity index (χ0) is 34.5. The van der Waals surface area contributed by atoms with Crippen LogP contribution in [0.3, 0.4) is 0 Å². The lowest BCUT2D eigenvalue weighted by atomic mass is 10.1. The molecule has 7 rings (SSSR count). The molecule has 0 atom stereocenters. The van der Waals surface area contributed by atoms with E-state index in [0.717, 1.165) is 55.8 Å². The fourth-order valence-electron chi connectivity index (χ4n) is 5.47. The molecule has 7 aromatic rings. The number of rotatable bonds is 10. The van der Waals surface area contributed by atoms with E-state index in [1.54, 1.807) is 30.5 Å². The zero-order valence-corrected chi connectivity index (χ0v) is 27.8. The number of carbonyl (C=O) groups excluding carboxylic acids is 1. The fourth-order valence-corrected chi connectivity index (χ4v) is 6.34. The van der Waals surface area contributed by atoms with Gasteiger partial charge in [0.15, 0.2) is 5.13 Å². The SMILES string of the molecule is O=C(N/N=C\c1cc(-c2ccccc2)n(-c2ccc([N+](=O)[O-])cc2)c1-c1ccccc1)c1ccc(-c2csc(Nc3ccc(Cl)cc3)n2)cc1. The van der Waals surface area contributed by atoms with E-state index in [0.29, 0.717) is 10.6 Å². The van der Waals surface area contributed by atoms with Gasteiger partial charge in [-0.1, -0.05) is 84.4 Å². The van der Waals surface area contributed by atoms with E-state index >= 15 is 0 Å². The smallest absolute Gasteiger partial charge is 0.271 e. The number of nitrogens with zero attached hydrogens (tertiary/aromatic N) is 4. The van der Waals surface area contributed by atoms with Crippen molar-refractivity contribution < 1.29 is 9.72 Å². The summed E-state index contributed by atoms with van der Waals surface area (Å²) in [7, 11) is 0. The molecule has 0 radical (unpaired) electrons. The number of anilines is 2. The number of halogens is 1. The molecule has 1 amide bonds. The van der Waals surface area contributed by atoms with Crippen LogP contribution in [-0.4, -0.2) is 26.6 Å². The van der Waals surface area contributed by atoms with E-state index < -0.39 is 4.92 Å². The van der Waals surface area contributed by atoms with E-state index in [9.17, 15) is 14.9 Å². The highest BCUT2D eigenvalue weighted by atomic mass is 35.5. The number of nitro benzene ring substituents is 1. The number of non-ortho nitro benzene ring substituents is 1. The standard InChI is InChI=1S/C39H27ClN6O3S/c40-31-15-17-32(18-16-31)42-39-43-35(25-50-39)26-11-13-29(14-12-26)38(47)44-41-24-30-23-36(27-7-3-1-4-8-27)45(37(30)28-9-5-2-6-10-28)33-19-21-34(22-20-33)46(48)49/h1-25H,(H,42,43)(H,44,47)/b41-24-. The second-order valence-corrected chi connectivity index (χ2v) is 12.4. The highest BCUT2D eigenvalue weighted by Crippen LogP contribution is 2.36. The Labute approximate surface area is 296 Å². The summed E-state index contributed by atoms with van der Waals surface area (Å²) in [4.78, 5) is 28.8. The molecule has 2 aromatic heterocycles. The summed E-state index contributed by atoms with van der Waals surface area (Å²) >= 11 is 7.47. The van der Waals surface area contributed by atoms with Crippen LogP contribution in [0, 0.1) is 10.1 Å². The minimum absolute atomic E-state index is 0.00320. The molecule has 0 fully saturated rings. The van der Waals surface area contributed by atoms with Gasteiger partial charge in [0, 0.05) is 50.6 Å². The first-order valence-electron chi connectivity index (χ1n) is 15.5.